The minimum Gasteiger partial charge on any atom is -0.281 e. The zero-order valence-corrected chi connectivity index (χ0v) is 16.3. The van der Waals surface area contributed by atoms with Gasteiger partial charge in [0.25, 0.3) is 0 Å². The van der Waals surface area contributed by atoms with Gasteiger partial charge in [0.1, 0.15) is 0 Å². The number of alkyl halides is 3. The van der Waals surface area contributed by atoms with Crippen LogP contribution < -0.4 is 0 Å². The SMILES string of the molecule is CC(C)=C/C=C(\C)C1(c2[nH]nc(-c3ccccc3Cl)c2CC(F)(F)F)CC1. The fourth-order valence-electron chi connectivity index (χ4n) is 3.43. The molecule has 6 heteroatoms. The van der Waals surface area contributed by atoms with Crippen LogP contribution in [0.4, 0.5) is 13.2 Å². The van der Waals surface area contributed by atoms with Crippen molar-refractivity contribution in [2.45, 2.75) is 51.6 Å². The van der Waals surface area contributed by atoms with Crippen molar-refractivity contribution in [3.63, 3.8) is 0 Å². The van der Waals surface area contributed by atoms with Crippen molar-refractivity contribution < 1.29 is 13.2 Å². The molecule has 0 spiro atoms. The van der Waals surface area contributed by atoms with Gasteiger partial charge in [0.15, 0.2) is 0 Å². The van der Waals surface area contributed by atoms with Crippen LogP contribution in [0.25, 0.3) is 11.3 Å². The summed E-state index contributed by atoms with van der Waals surface area (Å²) in [5.41, 5.74) is 3.34. The minimum absolute atomic E-state index is 0.193. The first-order valence-corrected chi connectivity index (χ1v) is 9.23. The van der Waals surface area contributed by atoms with Crippen LogP contribution in [0.1, 0.15) is 44.9 Å². The van der Waals surface area contributed by atoms with Crippen molar-refractivity contribution in [1.82, 2.24) is 10.2 Å². The molecule has 0 atom stereocenters. The Kier molecular flexibility index (Phi) is 5.26. The van der Waals surface area contributed by atoms with Crippen molar-refractivity contribution in [2.24, 2.45) is 0 Å². The maximum atomic E-state index is 13.4. The molecule has 0 radical (unpaired) electrons. The Morgan fingerprint density at radius 3 is 2.41 bits per heavy atom. The number of hydrogen-bond donors (Lipinski definition) is 1. The van der Waals surface area contributed by atoms with Crippen LogP contribution in [0.5, 0.6) is 0 Å². The molecule has 1 aromatic heterocycles. The van der Waals surface area contributed by atoms with Gasteiger partial charge in [0.2, 0.25) is 0 Å². The molecule has 3 rings (SSSR count). The maximum absolute atomic E-state index is 13.4. The van der Waals surface area contributed by atoms with Crippen LogP contribution in [-0.4, -0.2) is 16.4 Å². The lowest BCUT2D eigenvalue weighted by Gasteiger charge is -2.18. The largest absolute Gasteiger partial charge is 0.393 e. The van der Waals surface area contributed by atoms with Gasteiger partial charge in [-0.05, 0) is 39.7 Å². The number of H-pyrrole nitrogens is 1. The molecule has 1 aliphatic carbocycles. The Labute approximate surface area is 162 Å². The summed E-state index contributed by atoms with van der Waals surface area (Å²) in [5, 5.41) is 7.58. The lowest BCUT2D eigenvalue weighted by molar-refractivity contribution is -0.127. The Balaban J connectivity index is 2.13. The third kappa shape index (κ3) is 4.13. The van der Waals surface area contributed by atoms with E-state index in [1.165, 1.54) is 0 Å². The smallest absolute Gasteiger partial charge is 0.281 e. The summed E-state index contributed by atoms with van der Waals surface area (Å²) in [7, 11) is 0. The fraction of sp³-hybridized carbons (Fsp3) is 0.381. The number of nitrogens with zero attached hydrogens (tertiary/aromatic N) is 1. The average molecular weight is 395 g/mol. The van der Waals surface area contributed by atoms with Crippen molar-refractivity contribution in [1.29, 1.82) is 0 Å². The van der Waals surface area contributed by atoms with Crippen LogP contribution in [0.3, 0.4) is 0 Å². The molecule has 1 fully saturated rings. The molecule has 0 bridgehead atoms. The second-order valence-corrected chi connectivity index (χ2v) is 7.78. The van der Waals surface area contributed by atoms with E-state index in [0.29, 0.717) is 16.3 Å². The van der Waals surface area contributed by atoms with Gasteiger partial charge in [-0.1, -0.05) is 53.1 Å². The van der Waals surface area contributed by atoms with Gasteiger partial charge in [0, 0.05) is 22.2 Å². The number of rotatable bonds is 5. The molecule has 27 heavy (non-hydrogen) atoms. The van der Waals surface area contributed by atoms with E-state index in [1.807, 2.05) is 32.9 Å². The molecule has 0 aliphatic heterocycles. The standard InChI is InChI=1S/C21H22ClF3N2/c1-13(2)8-9-14(3)20(10-11-20)19-16(12-21(23,24)25)18(26-27-19)15-6-4-5-7-17(15)22/h4-9H,10-12H2,1-3H3,(H,26,27)/b14-9+. The molecule has 1 aromatic carbocycles. The number of benzene rings is 1. The highest BCUT2D eigenvalue weighted by Crippen LogP contribution is 2.55. The van der Waals surface area contributed by atoms with Crippen molar-refractivity contribution in [3.8, 4) is 11.3 Å². The summed E-state index contributed by atoms with van der Waals surface area (Å²) in [6, 6.07) is 6.86. The van der Waals surface area contributed by atoms with Gasteiger partial charge < -0.3 is 0 Å². The molecule has 1 N–H and O–H groups in total. The van der Waals surface area contributed by atoms with E-state index >= 15 is 0 Å². The second kappa shape index (κ2) is 7.19. The molecular weight excluding hydrogens is 373 g/mol. The lowest BCUT2D eigenvalue weighted by Crippen LogP contribution is -2.17. The minimum atomic E-state index is -4.33. The highest BCUT2D eigenvalue weighted by molar-refractivity contribution is 6.33. The Morgan fingerprint density at radius 2 is 1.85 bits per heavy atom. The molecular formula is C21H22ClF3N2. The van der Waals surface area contributed by atoms with Gasteiger partial charge in [0.05, 0.1) is 17.1 Å². The van der Waals surface area contributed by atoms with Gasteiger partial charge >= 0.3 is 6.18 Å². The molecule has 1 heterocycles. The summed E-state index contributed by atoms with van der Waals surface area (Å²) >= 11 is 6.23. The molecule has 2 aromatic rings. The first kappa shape index (κ1) is 19.7. The molecule has 2 nitrogen and oxygen atoms in total. The third-order valence-electron chi connectivity index (χ3n) is 5.02. The summed E-state index contributed by atoms with van der Waals surface area (Å²) in [6.45, 7) is 5.95. The van der Waals surface area contributed by atoms with Crippen LogP contribution in [-0.2, 0) is 11.8 Å². The lowest BCUT2D eigenvalue weighted by atomic mass is 9.87. The first-order chi connectivity index (χ1) is 12.6. The monoisotopic (exact) mass is 394 g/mol. The number of allylic oxidation sites excluding steroid dienone is 4. The number of aromatic nitrogens is 2. The summed E-state index contributed by atoms with van der Waals surface area (Å²) in [6.07, 6.45) is 0.237. The van der Waals surface area contributed by atoms with E-state index in [9.17, 15) is 13.2 Å². The molecule has 0 amide bonds. The highest BCUT2D eigenvalue weighted by Gasteiger charge is 2.50. The van der Waals surface area contributed by atoms with Crippen LogP contribution in [0.2, 0.25) is 5.02 Å². The molecule has 0 unspecified atom stereocenters. The van der Waals surface area contributed by atoms with E-state index in [2.05, 4.69) is 10.2 Å². The number of halogens is 4. The van der Waals surface area contributed by atoms with Crippen molar-refractivity contribution in [3.05, 3.63) is 63.8 Å². The molecule has 1 saturated carbocycles. The van der Waals surface area contributed by atoms with E-state index < -0.39 is 18.0 Å². The summed E-state index contributed by atoms with van der Waals surface area (Å²) in [5.74, 6) is 0. The van der Waals surface area contributed by atoms with Crippen LogP contribution >= 0.6 is 11.6 Å². The number of hydrogen-bond acceptors (Lipinski definition) is 1. The summed E-state index contributed by atoms with van der Waals surface area (Å²) < 4.78 is 40.1. The molecule has 0 saturated heterocycles. The van der Waals surface area contributed by atoms with E-state index in [1.54, 1.807) is 24.3 Å². The maximum Gasteiger partial charge on any atom is 0.393 e. The Bertz CT molecular complexity index is 898. The van der Waals surface area contributed by atoms with Crippen LogP contribution in [0.15, 0.2) is 47.6 Å². The fourth-order valence-corrected chi connectivity index (χ4v) is 3.65. The van der Waals surface area contributed by atoms with E-state index in [4.69, 9.17) is 11.6 Å². The van der Waals surface area contributed by atoms with Gasteiger partial charge in [-0.15, -0.1) is 0 Å². The predicted octanol–water partition coefficient (Wildman–Crippen LogP) is 6.78. The van der Waals surface area contributed by atoms with Crippen molar-refractivity contribution in [2.75, 3.05) is 0 Å². The van der Waals surface area contributed by atoms with E-state index in [0.717, 1.165) is 24.0 Å². The Hall–Kier alpha value is -2.01. The van der Waals surface area contributed by atoms with Crippen molar-refractivity contribution >= 4 is 11.6 Å². The zero-order chi connectivity index (χ0) is 19.8. The molecule has 1 aliphatic rings. The topological polar surface area (TPSA) is 28.7 Å². The second-order valence-electron chi connectivity index (χ2n) is 7.37. The zero-order valence-electron chi connectivity index (χ0n) is 15.5. The summed E-state index contributed by atoms with van der Waals surface area (Å²) in [4.78, 5) is 0. The quantitative estimate of drug-likeness (QED) is 0.556. The van der Waals surface area contributed by atoms with Gasteiger partial charge in [-0.2, -0.15) is 18.3 Å². The highest BCUT2D eigenvalue weighted by atomic mass is 35.5. The van der Waals surface area contributed by atoms with Gasteiger partial charge in [-0.3, -0.25) is 5.10 Å². The first-order valence-electron chi connectivity index (χ1n) is 8.86. The van der Waals surface area contributed by atoms with E-state index in [-0.39, 0.29) is 11.3 Å². The average Bonchev–Trinajstić information content (AvgIpc) is 3.28. The predicted molar refractivity (Wildman–Crippen MR) is 103 cm³/mol. The number of aromatic amines is 1. The van der Waals surface area contributed by atoms with Crippen LogP contribution in [0, 0.1) is 0 Å². The number of nitrogens with one attached hydrogen (secondary N) is 1. The third-order valence-corrected chi connectivity index (χ3v) is 5.35. The normalized spacial score (nSPS) is 16.3. The van der Waals surface area contributed by atoms with Gasteiger partial charge in [-0.25, -0.2) is 0 Å². The Morgan fingerprint density at radius 1 is 1.19 bits per heavy atom. The molecule has 144 valence electrons.